The van der Waals surface area contributed by atoms with Gasteiger partial charge in [-0.3, -0.25) is 19.3 Å². The summed E-state index contributed by atoms with van der Waals surface area (Å²) in [5.41, 5.74) is 0.880. The summed E-state index contributed by atoms with van der Waals surface area (Å²) in [4.78, 5) is 38.2. The monoisotopic (exact) mass is 475 g/mol. The van der Waals surface area contributed by atoms with Crippen molar-refractivity contribution in [3.63, 3.8) is 0 Å². The van der Waals surface area contributed by atoms with Gasteiger partial charge in [-0.05, 0) is 61.2 Å². The van der Waals surface area contributed by atoms with Crippen LogP contribution in [0.5, 0.6) is 0 Å². The van der Waals surface area contributed by atoms with Crippen LogP contribution in [0.3, 0.4) is 0 Å². The predicted octanol–water partition coefficient (Wildman–Crippen LogP) is 2.77. The Morgan fingerprint density at radius 2 is 1.66 bits per heavy atom. The number of anilines is 2. The lowest BCUT2D eigenvalue weighted by Crippen LogP contribution is -2.44. The standard InChI is InChI=1S/C22H25N3O5S2/c1-31-15-14-19(24-32(29,30)18-6-3-2-4-7-18)22(28)23-16-10-12-17(13-11-16)25-20(26)8-5-9-21(25)27/h2-4,6-7,10-13,19,24H,5,8-9,14-15H2,1H3,(H,23,28). The van der Waals surface area contributed by atoms with E-state index in [1.165, 1.54) is 23.9 Å². The van der Waals surface area contributed by atoms with Crippen molar-refractivity contribution in [2.75, 3.05) is 22.2 Å². The van der Waals surface area contributed by atoms with Crippen LogP contribution >= 0.6 is 11.8 Å². The van der Waals surface area contributed by atoms with Gasteiger partial charge in [-0.1, -0.05) is 18.2 Å². The summed E-state index contributed by atoms with van der Waals surface area (Å²) in [6.45, 7) is 0. The van der Waals surface area contributed by atoms with Crippen LogP contribution in [-0.4, -0.2) is 44.2 Å². The summed E-state index contributed by atoms with van der Waals surface area (Å²) >= 11 is 1.51. The van der Waals surface area contributed by atoms with Gasteiger partial charge in [0, 0.05) is 18.5 Å². The van der Waals surface area contributed by atoms with Gasteiger partial charge in [0.1, 0.15) is 6.04 Å². The number of nitrogens with zero attached hydrogens (tertiary/aromatic N) is 1. The molecule has 0 radical (unpaired) electrons. The number of hydrogen-bond donors (Lipinski definition) is 2. The number of hydrogen-bond acceptors (Lipinski definition) is 6. The number of rotatable bonds is 9. The second kappa shape index (κ2) is 10.8. The van der Waals surface area contributed by atoms with Gasteiger partial charge >= 0.3 is 0 Å². The first-order valence-corrected chi connectivity index (χ1v) is 13.0. The zero-order valence-electron chi connectivity index (χ0n) is 17.6. The summed E-state index contributed by atoms with van der Waals surface area (Å²) < 4.78 is 27.8. The molecule has 0 saturated carbocycles. The van der Waals surface area contributed by atoms with Gasteiger partial charge in [-0.2, -0.15) is 16.5 Å². The maximum absolute atomic E-state index is 12.9. The fourth-order valence-corrected chi connectivity index (χ4v) is 5.02. The summed E-state index contributed by atoms with van der Waals surface area (Å²) in [6, 6.07) is 13.3. The molecule has 8 nitrogen and oxygen atoms in total. The Morgan fingerprint density at radius 3 is 2.25 bits per heavy atom. The number of thioether (sulfide) groups is 1. The molecule has 1 heterocycles. The number of sulfonamides is 1. The maximum atomic E-state index is 12.9. The molecule has 3 rings (SSSR count). The minimum absolute atomic E-state index is 0.0853. The first kappa shape index (κ1) is 24.0. The Labute approximate surface area is 191 Å². The van der Waals surface area contributed by atoms with Crippen molar-refractivity contribution < 1.29 is 22.8 Å². The van der Waals surface area contributed by atoms with E-state index in [2.05, 4.69) is 10.0 Å². The molecule has 1 atom stereocenters. The number of carbonyl (C=O) groups excluding carboxylic acids is 3. The summed E-state index contributed by atoms with van der Waals surface area (Å²) in [7, 11) is -3.86. The molecule has 2 aromatic carbocycles. The van der Waals surface area contributed by atoms with Crippen molar-refractivity contribution in [1.29, 1.82) is 0 Å². The van der Waals surface area contributed by atoms with Crippen LogP contribution in [0, 0.1) is 0 Å². The summed E-state index contributed by atoms with van der Waals surface area (Å²) in [5.74, 6) is -0.388. The largest absolute Gasteiger partial charge is 0.325 e. The highest BCUT2D eigenvalue weighted by molar-refractivity contribution is 7.98. The van der Waals surface area contributed by atoms with Gasteiger partial charge in [0.25, 0.3) is 0 Å². The third kappa shape index (κ3) is 5.96. The van der Waals surface area contributed by atoms with Gasteiger partial charge in [0.2, 0.25) is 27.7 Å². The molecule has 1 unspecified atom stereocenters. The summed E-state index contributed by atoms with van der Waals surface area (Å²) in [6.07, 6.45) is 3.39. The highest BCUT2D eigenvalue weighted by Crippen LogP contribution is 2.24. The molecule has 0 aliphatic carbocycles. The Bertz CT molecular complexity index is 1060. The normalized spacial score (nSPS) is 15.5. The van der Waals surface area contributed by atoms with Gasteiger partial charge in [0.15, 0.2) is 0 Å². The van der Waals surface area contributed by atoms with Gasteiger partial charge in [-0.25, -0.2) is 8.42 Å². The van der Waals surface area contributed by atoms with E-state index in [9.17, 15) is 22.8 Å². The molecule has 2 N–H and O–H groups in total. The highest BCUT2D eigenvalue weighted by Gasteiger charge is 2.28. The first-order chi connectivity index (χ1) is 15.3. The number of piperidine rings is 1. The molecule has 0 spiro atoms. The molecule has 1 aliphatic heterocycles. The number of nitrogens with one attached hydrogen (secondary N) is 2. The molecule has 1 aliphatic rings. The van der Waals surface area contributed by atoms with Gasteiger partial charge in [0.05, 0.1) is 10.6 Å². The first-order valence-electron chi connectivity index (χ1n) is 10.1. The van der Waals surface area contributed by atoms with Crippen LogP contribution in [-0.2, 0) is 24.4 Å². The lowest BCUT2D eigenvalue weighted by Gasteiger charge is -2.25. The molecule has 2 aromatic rings. The minimum atomic E-state index is -3.86. The zero-order chi connectivity index (χ0) is 23.1. The topological polar surface area (TPSA) is 113 Å². The number of carbonyl (C=O) groups is 3. The smallest absolute Gasteiger partial charge is 0.242 e. The highest BCUT2D eigenvalue weighted by atomic mass is 32.2. The van der Waals surface area contributed by atoms with E-state index in [1.54, 1.807) is 42.5 Å². The van der Waals surface area contributed by atoms with Crippen LogP contribution < -0.4 is 14.9 Å². The second-order valence-corrected chi connectivity index (χ2v) is 9.98. The lowest BCUT2D eigenvalue weighted by molar-refractivity contribution is -0.129. The molecule has 1 fully saturated rings. The van der Waals surface area contributed by atoms with Crippen molar-refractivity contribution in [1.82, 2.24) is 4.72 Å². The molecular weight excluding hydrogens is 450 g/mol. The van der Waals surface area contributed by atoms with E-state index >= 15 is 0 Å². The Kier molecular flexibility index (Phi) is 8.05. The van der Waals surface area contributed by atoms with Crippen LogP contribution in [0.2, 0.25) is 0 Å². The molecule has 32 heavy (non-hydrogen) atoms. The maximum Gasteiger partial charge on any atom is 0.242 e. The van der Waals surface area contributed by atoms with E-state index in [0.29, 0.717) is 42.8 Å². The fourth-order valence-electron chi connectivity index (χ4n) is 3.30. The van der Waals surface area contributed by atoms with E-state index in [4.69, 9.17) is 0 Å². The van der Waals surface area contributed by atoms with Crippen molar-refractivity contribution in [2.45, 2.75) is 36.6 Å². The van der Waals surface area contributed by atoms with Crippen molar-refractivity contribution in [2.24, 2.45) is 0 Å². The third-order valence-electron chi connectivity index (χ3n) is 4.95. The Hall–Kier alpha value is -2.69. The molecule has 0 aromatic heterocycles. The van der Waals surface area contributed by atoms with E-state index in [1.807, 2.05) is 6.26 Å². The predicted molar refractivity (Wildman–Crippen MR) is 125 cm³/mol. The summed E-state index contributed by atoms with van der Waals surface area (Å²) in [5, 5.41) is 2.71. The van der Waals surface area contributed by atoms with Crippen LogP contribution in [0.15, 0.2) is 59.5 Å². The average molecular weight is 476 g/mol. The number of amides is 3. The SMILES string of the molecule is CSCCC(NS(=O)(=O)c1ccccc1)C(=O)Nc1ccc(N2C(=O)CCCC2=O)cc1. The number of imide groups is 1. The van der Waals surface area contributed by atoms with Crippen molar-refractivity contribution >= 4 is 50.9 Å². The minimum Gasteiger partial charge on any atom is -0.325 e. The van der Waals surface area contributed by atoms with Gasteiger partial charge < -0.3 is 5.32 Å². The fraction of sp³-hybridized carbons (Fsp3) is 0.318. The average Bonchev–Trinajstić information content (AvgIpc) is 2.78. The van der Waals surface area contributed by atoms with Crippen LogP contribution in [0.1, 0.15) is 25.7 Å². The van der Waals surface area contributed by atoms with E-state index in [-0.39, 0.29) is 16.7 Å². The van der Waals surface area contributed by atoms with Crippen molar-refractivity contribution in [3.05, 3.63) is 54.6 Å². The van der Waals surface area contributed by atoms with Crippen LogP contribution in [0.25, 0.3) is 0 Å². The molecule has 10 heteroatoms. The van der Waals surface area contributed by atoms with E-state index in [0.717, 1.165) is 4.90 Å². The Balaban J connectivity index is 1.72. The third-order valence-corrected chi connectivity index (χ3v) is 7.08. The Morgan fingerprint density at radius 1 is 1.03 bits per heavy atom. The molecular formula is C22H25N3O5S2. The van der Waals surface area contributed by atoms with Crippen LogP contribution in [0.4, 0.5) is 11.4 Å². The van der Waals surface area contributed by atoms with Crippen molar-refractivity contribution in [3.8, 4) is 0 Å². The van der Waals surface area contributed by atoms with Gasteiger partial charge in [-0.15, -0.1) is 0 Å². The zero-order valence-corrected chi connectivity index (χ0v) is 19.2. The molecule has 0 bridgehead atoms. The quantitative estimate of drug-likeness (QED) is 0.540. The molecule has 170 valence electrons. The molecule has 3 amide bonds. The van der Waals surface area contributed by atoms with E-state index < -0.39 is 22.0 Å². The second-order valence-electron chi connectivity index (χ2n) is 7.28. The lowest BCUT2D eigenvalue weighted by atomic mass is 10.1. The molecule has 1 saturated heterocycles. The number of benzene rings is 2.